The molecule has 0 aliphatic rings. The van der Waals surface area contributed by atoms with Gasteiger partial charge in [-0.25, -0.2) is 0 Å². The topological polar surface area (TPSA) is 37.8 Å². The molecule has 3 rings (SSSR count). The Hall–Kier alpha value is -1.59. The highest BCUT2D eigenvalue weighted by molar-refractivity contribution is 7.98. The van der Waals surface area contributed by atoms with Gasteiger partial charge in [0.05, 0.1) is 5.75 Å². The van der Waals surface area contributed by atoms with Crippen LogP contribution in [-0.4, -0.2) is 16.7 Å². The van der Waals surface area contributed by atoms with Crippen molar-refractivity contribution >= 4 is 39.0 Å². The van der Waals surface area contributed by atoms with Crippen LogP contribution in [0.25, 0.3) is 10.8 Å². The average molecular weight is 315 g/mol. The van der Waals surface area contributed by atoms with Crippen molar-refractivity contribution in [3.63, 3.8) is 0 Å². The zero-order chi connectivity index (χ0) is 14.5. The van der Waals surface area contributed by atoms with Gasteiger partial charge in [0, 0.05) is 11.4 Å². The second-order valence-electron chi connectivity index (χ2n) is 4.73. The number of hydrogen-bond donors (Lipinski definition) is 1. The molecule has 21 heavy (non-hydrogen) atoms. The number of benzene rings is 2. The summed E-state index contributed by atoms with van der Waals surface area (Å²) >= 11 is 3.45. The maximum absolute atomic E-state index is 4.23. The van der Waals surface area contributed by atoms with E-state index in [2.05, 4.69) is 64.9 Å². The average Bonchev–Trinajstić information content (AvgIpc) is 2.98. The summed E-state index contributed by atoms with van der Waals surface area (Å²) in [6, 6.07) is 15.0. The fourth-order valence-corrected chi connectivity index (χ4v) is 3.71. The maximum atomic E-state index is 4.23. The van der Waals surface area contributed by atoms with Crippen molar-refractivity contribution in [2.75, 3.05) is 11.9 Å². The lowest BCUT2D eigenvalue weighted by atomic mass is 10.1. The zero-order valence-electron chi connectivity index (χ0n) is 11.9. The summed E-state index contributed by atoms with van der Waals surface area (Å²) in [7, 11) is 0. The monoisotopic (exact) mass is 315 g/mol. The van der Waals surface area contributed by atoms with Gasteiger partial charge in [0.1, 0.15) is 5.01 Å². The lowest BCUT2D eigenvalue weighted by Gasteiger charge is -2.02. The molecule has 0 amide bonds. The van der Waals surface area contributed by atoms with E-state index in [1.807, 2.05) is 0 Å². The van der Waals surface area contributed by atoms with Gasteiger partial charge in [-0.3, -0.25) is 0 Å². The Bertz CT molecular complexity index is 724. The number of rotatable bonds is 6. The summed E-state index contributed by atoms with van der Waals surface area (Å²) in [4.78, 5) is 1.27. The smallest absolute Gasteiger partial charge is 0.205 e. The number of nitrogens with one attached hydrogen (secondary N) is 1. The van der Waals surface area contributed by atoms with E-state index in [9.17, 15) is 0 Å². The van der Waals surface area contributed by atoms with Crippen LogP contribution >= 0.6 is 23.1 Å². The van der Waals surface area contributed by atoms with E-state index in [1.54, 1.807) is 23.1 Å². The third-order valence-electron chi connectivity index (χ3n) is 3.08. The van der Waals surface area contributed by atoms with Gasteiger partial charge in [-0.05, 0) is 29.3 Å². The highest BCUT2D eigenvalue weighted by Crippen LogP contribution is 2.28. The fourth-order valence-electron chi connectivity index (χ4n) is 2.02. The van der Waals surface area contributed by atoms with Crippen LogP contribution in [0.4, 0.5) is 5.13 Å². The molecule has 2 aromatic carbocycles. The van der Waals surface area contributed by atoms with Crippen molar-refractivity contribution in [1.29, 1.82) is 0 Å². The normalized spacial score (nSPS) is 10.9. The predicted molar refractivity (Wildman–Crippen MR) is 92.2 cm³/mol. The Kier molecular flexibility index (Phi) is 4.72. The highest BCUT2D eigenvalue weighted by atomic mass is 32.2. The summed E-state index contributed by atoms with van der Waals surface area (Å²) in [5.74, 6) is 0.865. The van der Waals surface area contributed by atoms with Gasteiger partial charge in [-0.1, -0.05) is 48.6 Å². The molecule has 0 saturated heterocycles. The minimum absolute atomic E-state index is 0.865. The number of nitrogens with zero attached hydrogens (tertiary/aromatic N) is 2. The number of thioether (sulfide) groups is 1. The third kappa shape index (κ3) is 3.74. The Morgan fingerprint density at radius 2 is 1.95 bits per heavy atom. The van der Waals surface area contributed by atoms with E-state index < -0.39 is 0 Å². The minimum atomic E-state index is 0.865. The van der Waals surface area contributed by atoms with Crippen molar-refractivity contribution in [2.24, 2.45) is 0 Å². The Labute approximate surface area is 132 Å². The van der Waals surface area contributed by atoms with E-state index in [0.717, 1.165) is 28.9 Å². The molecule has 0 radical (unpaired) electrons. The molecule has 5 heteroatoms. The van der Waals surface area contributed by atoms with E-state index in [4.69, 9.17) is 0 Å². The molecule has 0 bridgehead atoms. The lowest BCUT2D eigenvalue weighted by Crippen LogP contribution is -1.98. The maximum Gasteiger partial charge on any atom is 0.205 e. The van der Waals surface area contributed by atoms with Gasteiger partial charge < -0.3 is 5.32 Å². The Balaban J connectivity index is 1.64. The summed E-state index contributed by atoms with van der Waals surface area (Å²) in [6.07, 6.45) is 1.10. The van der Waals surface area contributed by atoms with Gasteiger partial charge in [-0.15, -0.1) is 22.0 Å². The van der Waals surface area contributed by atoms with Gasteiger partial charge in [0.25, 0.3) is 0 Å². The molecule has 0 fully saturated rings. The zero-order valence-corrected chi connectivity index (χ0v) is 13.5. The molecule has 3 nitrogen and oxygen atoms in total. The van der Waals surface area contributed by atoms with Crippen molar-refractivity contribution in [3.05, 3.63) is 47.5 Å². The van der Waals surface area contributed by atoms with Crippen molar-refractivity contribution in [3.8, 4) is 0 Å². The predicted octanol–water partition coefficient (Wildman–Crippen LogP) is 4.81. The second kappa shape index (κ2) is 6.91. The first-order chi connectivity index (χ1) is 10.3. The Morgan fingerprint density at radius 1 is 1.10 bits per heavy atom. The van der Waals surface area contributed by atoms with Crippen LogP contribution in [0.1, 0.15) is 18.4 Å². The van der Waals surface area contributed by atoms with E-state index >= 15 is 0 Å². The van der Waals surface area contributed by atoms with Crippen LogP contribution in [0.15, 0.2) is 47.4 Å². The van der Waals surface area contributed by atoms with Gasteiger partial charge in [0.2, 0.25) is 5.13 Å². The molecule has 0 atom stereocenters. The van der Waals surface area contributed by atoms with Crippen molar-refractivity contribution < 1.29 is 0 Å². The summed E-state index contributed by atoms with van der Waals surface area (Å²) < 4.78 is 0. The van der Waals surface area contributed by atoms with E-state index in [1.165, 1.54) is 15.7 Å². The van der Waals surface area contributed by atoms with Crippen LogP contribution in [0.5, 0.6) is 0 Å². The summed E-state index contributed by atoms with van der Waals surface area (Å²) in [5, 5.41) is 16.2. The molecule has 1 aromatic heterocycles. The SMILES string of the molecule is CCCNc1nnc(CSc2ccc3ccccc3c2)s1. The van der Waals surface area contributed by atoms with Crippen LogP contribution < -0.4 is 5.32 Å². The molecule has 1 heterocycles. The van der Waals surface area contributed by atoms with Crippen LogP contribution in [0, 0.1) is 0 Å². The third-order valence-corrected chi connectivity index (χ3v) is 5.15. The summed E-state index contributed by atoms with van der Waals surface area (Å²) in [6.45, 7) is 3.09. The molecule has 0 aliphatic carbocycles. The highest BCUT2D eigenvalue weighted by Gasteiger charge is 2.04. The molecule has 0 saturated carbocycles. The summed E-state index contributed by atoms with van der Waals surface area (Å²) in [5.41, 5.74) is 0. The number of anilines is 1. The van der Waals surface area contributed by atoms with Gasteiger partial charge in [0.15, 0.2) is 0 Å². The molecular formula is C16H17N3S2. The van der Waals surface area contributed by atoms with Crippen molar-refractivity contribution in [1.82, 2.24) is 10.2 Å². The number of aromatic nitrogens is 2. The first-order valence-corrected chi connectivity index (χ1v) is 8.83. The molecule has 0 aliphatic heterocycles. The second-order valence-corrected chi connectivity index (χ2v) is 6.84. The number of hydrogen-bond acceptors (Lipinski definition) is 5. The first-order valence-electron chi connectivity index (χ1n) is 7.03. The molecule has 108 valence electrons. The molecular weight excluding hydrogens is 298 g/mol. The number of fused-ring (bicyclic) bond motifs is 1. The minimum Gasteiger partial charge on any atom is -0.360 e. The molecule has 0 spiro atoms. The van der Waals surface area contributed by atoms with Crippen LogP contribution in [-0.2, 0) is 5.75 Å². The molecule has 1 N–H and O–H groups in total. The van der Waals surface area contributed by atoms with E-state index in [0.29, 0.717) is 0 Å². The van der Waals surface area contributed by atoms with Crippen LogP contribution in [0.2, 0.25) is 0 Å². The van der Waals surface area contributed by atoms with Gasteiger partial charge in [-0.2, -0.15) is 0 Å². The molecule has 0 unspecified atom stereocenters. The molecule has 3 aromatic rings. The fraction of sp³-hybridized carbons (Fsp3) is 0.250. The standard InChI is InChI=1S/C16H17N3S2/c1-2-9-17-16-19-18-15(21-16)11-20-14-8-7-12-5-3-4-6-13(12)10-14/h3-8,10H,2,9,11H2,1H3,(H,17,19). The van der Waals surface area contributed by atoms with E-state index in [-0.39, 0.29) is 0 Å². The van der Waals surface area contributed by atoms with Gasteiger partial charge >= 0.3 is 0 Å². The quantitative estimate of drug-likeness (QED) is 0.663. The lowest BCUT2D eigenvalue weighted by molar-refractivity contribution is 0.958. The van der Waals surface area contributed by atoms with Crippen LogP contribution in [0.3, 0.4) is 0 Å². The largest absolute Gasteiger partial charge is 0.360 e. The van der Waals surface area contributed by atoms with Crippen molar-refractivity contribution in [2.45, 2.75) is 24.0 Å². The first kappa shape index (κ1) is 14.4. The Morgan fingerprint density at radius 3 is 2.81 bits per heavy atom.